The van der Waals surface area contributed by atoms with Gasteiger partial charge in [-0.05, 0) is 12.1 Å². The van der Waals surface area contributed by atoms with Gasteiger partial charge in [-0.1, -0.05) is 23.7 Å². The number of rotatable bonds is 3. The molecule has 0 radical (unpaired) electrons. The molecular weight excluding hydrogens is 230 g/mol. The summed E-state index contributed by atoms with van der Waals surface area (Å²) in [5, 5.41) is 12.6. The van der Waals surface area contributed by atoms with E-state index in [2.05, 4.69) is 10.5 Å². The van der Waals surface area contributed by atoms with Crippen molar-refractivity contribution in [3.8, 4) is 6.07 Å². The standard InChI is InChI=1S/C9H8ClN5O/c10-6-3-1-2-4-7(6)14-15-8(5-11)9(16)13-12/h1-4,14H,12H2,(H,13,16)/b15-8+. The summed E-state index contributed by atoms with van der Waals surface area (Å²) in [6.45, 7) is 0. The number of hydrogen-bond donors (Lipinski definition) is 3. The van der Waals surface area contributed by atoms with Crippen molar-refractivity contribution in [2.24, 2.45) is 10.9 Å². The number of hydrazone groups is 1. The highest BCUT2D eigenvalue weighted by molar-refractivity contribution is 6.45. The summed E-state index contributed by atoms with van der Waals surface area (Å²) in [4.78, 5) is 11.0. The van der Waals surface area contributed by atoms with Crippen molar-refractivity contribution in [2.45, 2.75) is 0 Å². The minimum absolute atomic E-state index is 0.387. The van der Waals surface area contributed by atoms with Gasteiger partial charge in [0.1, 0.15) is 6.07 Å². The van der Waals surface area contributed by atoms with Gasteiger partial charge in [-0.3, -0.25) is 15.6 Å². The van der Waals surface area contributed by atoms with Crippen LogP contribution < -0.4 is 16.7 Å². The summed E-state index contributed by atoms with van der Waals surface area (Å²) in [6, 6.07) is 8.38. The van der Waals surface area contributed by atoms with Gasteiger partial charge in [0.05, 0.1) is 10.7 Å². The Balaban J connectivity index is 2.84. The molecule has 0 aliphatic carbocycles. The second kappa shape index (κ2) is 5.70. The predicted octanol–water partition coefficient (Wildman–Crippen LogP) is 0.621. The lowest BCUT2D eigenvalue weighted by atomic mass is 10.3. The SMILES string of the molecule is N#C/C(=N\Nc1ccccc1Cl)C(=O)NN. The Labute approximate surface area is 96.7 Å². The summed E-state index contributed by atoms with van der Waals surface area (Å²) < 4.78 is 0. The molecule has 1 amide bonds. The maximum atomic E-state index is 11.0. The Morgan fingerprint density at radius 2 is 2.19 bits per heavy atom. The quantitative estimate of drug-likeness (QED) is 0.310. The number of amides is 1. The summed E-state index contributed by atoms with van der Waals surface area (Å²) in [6.07, 6.45) is 0. The second-order valence-corrected chi connectivity index (χ2v) is 3.04. The highest BCUT2D eigenvalue weighted by Crippen LogP contribution is 2.20. The zero-order valence-corrected chi connectivity index (χ0v) is 8.82. The van der Waals surface area contributed by atoms with E-state index in [9.17, 15) is 4.79 Å². The molecule has 7 heteroatoms. The Kier molecular flexibility index (Phi) is 4.27. The fourth-order valence-corrected chi connectivity index (χ4v) is 1.04. The fraction of sp³-hybridized carbons (Fsp3) is 0. The van der Waals surface area contributed by atoms with Crippen molar-refractivity contribution < 1.29 is 4.79 Å². The molecule has 0 aliphatic heterocycles. The van der Waals surface area contributed by atoms with Crippen LogP contribution in [0.15, 0.2) is 29.4 Å². The molecule has 1 aromatic carbocycles. The summed E-state index contributed by atoms with van der Waals surface area (Å²) in [5.41, 5.74) is 4.40. The zero-order chi connectivity index (χ0) is 12.0. The van der Waals surface area contributed by atoms with Crippen molar-refractivity contribution in [3.63, 3.8) is 0 Å². The lowest BCUT2D eigenvalue weighted by Crippen LogP contribution is -2.36. The molecule has 82 valence electrons. The maximum Gasteiger partial charge on any atom is 0.296 e. The lowest BCUT2D eigenvalue weighted by Gasteiger charge is -2.02. The van der Waals surface area contributed by atoms with Crippen LogP contribution >= 0.6 is 11.6 Å². The number of carbonyl (C=O) groups is 1. The number of nitrogens with one attached hydrogen (secondary N) is 2. The van der Waals surface area contributed by atoms with Crippen molar-refractivity contribution >= 4 is 28.9 Å². The van der Waals surface area contributed by atoms with E-state index >= 15 is 0 Å². The zero-order valence-electron chi connectivity index (χ0n) is 8.07. The smallest absolute Gasteiger partial charge is 0.288 e. The first-order valence-corrected chi connectivity index (χ1v) is 4.56. The normalized spacial score (nSPS) is 10.4. The van der Waals surface area contributed by atoms with Crippen LogP contribution in [0.4, 0.5) is 5.69 Å². The molecule has 0 atom stereocenters. The van der Waals surface area contributed by atoms with Gasteiger partial charge in [0, 0.05) is 0 Å². The van der Waals surface area contributed by atoms with E-state index in [0.717, 1.165) is 0 Å². The third-order valence-corrected chi connectivity index (χ3v) is 1.94. The van der Waals surface area contributed by atoms with E-state index in [4.69, 9.17) is 22.7 Å². The molecule has 0 saturated carbocycles. The number of para-hydroxylation sites is 1. The first-order chi connectivity index (χ1) is 7.69. The van der Waals surface area contributed by atoms with E-state index < -0.39 is 5.91 Å². The molecule has 6 nitrogen and oxygen atoms in total. The number of nitrogens with zero attached hydrogens (tertiary/aromatic N) is 2. The Bertz CT molecular complexity index is 465. The van der Waals surface area contributed by atoms with E-state index in [-0.39, 0.29) is 5.71 Å². The molecule has 0 saturated heterocycles. The molecule has 0 bridgehead atoms. The number of anilines is 1. The summed E-state index contributed by atoms with van der Waals surface area (Å²) in [5.74, 6) is 4.09. The predicted molar refractivity (Wildman–Crippen MR) is 60.5 cm³/mol. The van der Waals surface area contributed by atoms with Crippen LogP contribution in [0.25, 0.3) is 0 Å². The van der Waals surface area contributed by atoms with E-state index in [1.165, 1.54) is 0 Å². The van der Waals surface area contributed by atoms with E-state index in [1.54, 1.807) is 35.8 Å². The summed E-state index contributed by atoms with van der Waals surface area (Å²) >= 11 is 5.82. The molecule has 0 spiro atoms. The number of hydrogen-bond acceptors (Lipinski definition) is 5. The third-order valence-electron chi connectivity index (χ3n) is 1.61. The molecule has 1 aromatic rings. The lowest BCUT2D eigenvalue weighted by molar-refractivity contribution is -0.114. The number of hydrazine groups is 1. The Morgan fingerprint density at radius 3 is 2.75 bits per heavy atom. The first kappa shape index (κ1) is 12.0. The van der Waals surface area contributed by atoms with Crippen molar-refractivity contribution in [1.29, 1.82) is 5.26 Å². The maximum absolute atomic E-state index is 11.0. The molecule has 0 aliphatic rings. The average molecular weight is 238 g/mol. The van der Waals surface area contributed by atoms with Gasteiger partial charge < -0.3 is 0 Å². The summed E-state index contributed by atoms with van der Waals surface area (Å²) in [7, 11) is 0. The highest BCUT2D eigenvalue weighted by atomic mass is 35.5. The van der Waals surface area contributed by atoms with Crippen LogP contribution in [0.1, 0.15) is 0 Å². The van der Waals surface area contributed by atoms with Gasteiger partial charge in [-0.2, -0.15) is 10.4 Å². The molecular formula is C9H8ClN5O. The molecule has 0 aromatic heterocycles. The molecule has 1 rings (SSSR count). The third kappa shape index (κ3) is 2.95. The molecule has 4 N–H and O–H groups in total. The van der Waals surface area contributed by atoms with Crippen molar-refractivity contribution in [2.75, 3.05) is 5.43 Å². The average Bonchev–Trinajstić information content (AvgIpc) is 2.31. The monoisotopic (exact) mass is 237 g/mol. The second-order valence-electron chi connectivity index (χ2n) is 2.64. The minimum Gasteiger partial charge on any atom is -0.288 e. The first-order valence-electron chi connectivity index (χ1n) is 4.18. The number of nitriles is 1. The molecule has 0 heterocycles. The topological polar surface area (TPSA) is 103 Å². The minimum atomic E-state index is -0.776. The number of benzene rings is 1. The van der Waals surface area contributed by atoms with Crippen LogP contribution in [0.3, 0.4) is 0 Å². The van der Waals surface area contributed by atoms with Crippen LogP contribution in [0, 0.1) is 11.3 Å². The van der Waals surface area contributed by atoms with Crippen LogP contribution in [0.2, 0.25) is 5.02 Å². The van der Waals surface area contributed by atoms with Gasteiger partial charge in [0.15, 0.2) is 0 Å². The van der Waals surface area contributed by atoms with Gasteiger partial charge in [-0.15, -0.1) is 0 Å². The van der Waals surface area contributed by atoms with Gasteiger partial charge >= 0.3 is 0 Å². The molecule has 0 unspecified atom stereocenters. The van der Waals surface area contributed by atoms with E-state index in [0.29, 0.717) is 10.7 Å². The van der Waals surface area contributed by atoms with Gasteiger partial charge in [0.25, 0.3) is 5.91 Å². The Morgan fingerprint density at radius 1 is 1.50 bits per heavy atom. The van der Waals surface area contributed by atoms with Crippen LogP contribution in [0.5, 0.6) is 0 Å². The van der Waals surface area contributed by atoms with E-state index in [1.807, 2.05) is 0 Å². The van der Waals surface area contributed by atoms with Gasteiger partial charge in [-0.25, -0.2) is 5.84 Å². The number of halogens is 1. The Hall–Kier alpha value is -2.10. The molecule has 16 heavy (non-hydrogen) atoms. The molecule has 0 fully saturated rings. The highest BCUT2D eigenvalue weighted by Gasteiger charge is 2.08. The number of nitrogens with two attached hydrogens (primary N) is 1. The van der Waals surface area contributed by atoms with Crippen LogP contribution in [-0.4, -0.2) is 11.6 Å². The fourth-order valence-electron chi connectivity index (χ4n) is 0.863. The van der Waals surface area contributed by atoms with Crippen molar-refractivity contribution in [1.82, 2.24) is 5.43 Å². The van der Waals surface area contributed by atoms with Crippen LogP contribution in [-0.2, 0) is 4.79 Å². The van der Waals surface area contributed by atoms with Crippen molar-refractivity contribution in [3.05, 3.63) is 29.3 Å². The van der Waals surface area contributed by atoms with Gasteiger partial charge in [0.2, 0.25) is 5.71 Å². The largest absolute Gasteiger partial charge is 0.296 e. The number of carbonyl (C=O) groups excluding carboxylic acids is 1.